The van der Waals surface area contributed by atoms with E-state index in [-0.39, 0.29) is 17.8 Å². The summed E-state index contributed by atoms with van der Waals surface area (Å²) in [7, 11) is 1.59. The highest BCUT2D eigenvalue weighted by atomic mass is 16.5. The number of carbonyl (C=O) groups is 2. The van der Waals surface area contributed by atoms with Gasteiger partial charge in [-0.15, -0.1) is 0 Å². The van der Waals surface area contributed by atoms with Crippen LogP contribution in [0.1, 0.15) is 24.8 Å². The van der Waals surface area contributed by atoms with E-state index in [2.05, 4.69) is 0 Å². The monoisotopic (exact) mass is 367 g/mol. The molecule has 5 heteroatoms. The Hall–Kier alpha value is -2.82. The minimum absolute atomic E-state index is 0.154. The number of methoxy groups -OCH3 is 1. The van der Waals surface area contributed by atoms with Gasteiger partial charge in [0.25, 0.3) is 0 Å². The van der Waals surface area contributed by atoms with Crippen molar-refractivity contribution in [1.29, 1.82) is 0 Å². The number of esters is 1. The molecule has 142 valence electrons. The average molecular weight is 367 g/mol. The first-order chi connectivity index (χ1) is 13.2. The number of ether oxygens (including phenoxy) is 2. The van der Waals surface area contributed by atoms with Gasteiger partial charge >= 0.3 is 5.97 Å². The van der Waals surface area contributed by atoms with Crippen molar-refractivity contribution < 1.29 is 19.1 Å². The van der Waals surface area contributed by atoms with E-state index in [1.165, 1.54) is 5.56 Å². The zero-order chi connectivity index (χ0) is 19.1. The zero-order valence-electron chi connectivity index (χ0n) is 15.6. The van der Waals surface area contributed by atoms with Crippen molar-refractivity contribution >= 4 is 11.9 Å². The fourth-order valence-corrected chi connectivity index (χ4v) is 3.26. The molecule has 0 atom stereocenters. The first-order valence-electron chi connectivity index (χ1n) is 9.33. The second-order valence-corrected chi connectivity index (χ2v) is 6.74. The minimum atomic E-state index is -0.225. The summed E-state index contributed by atoms with van der Waals surface area (Å²) in [6.07, 6.45) is 2.54. The lowest BCUT2D eigenvalue weighted by molar-refractivity contribution is -0.143. The van der Waals surface area contributed by atoms with Crippen LogP contribution in [0, 0.1) is 5.92 Å². The molecule has 0 aromatic heterocycles. The number of carbonyl (C=O) groups excluding carboxylic acids is 2. The van der Waals surface area contributed by atoms with E-state index in [0.29, 0.717) is 38.1 Å². The standard InChI is InChI=1S/C22H25NO4/c1-26-19-8-10-20(11-9-19)27-22(25)18-13-15-23(16-14-18)21(24)12-7-17-5-3-2-4-6-17/h2-6,8-11,18H,7,12-16H2,1H3. The number of rotatable bonds is 6. The van der Waals surface area contributed by atoms with Crippen LogP contribution in [0.25, 0.3) is 0 Å². The molecule has 0 spiro atoms. The van der Waals surface area contributed by atoms with Crippen molar-refractivity contribution in [2.24, 2.45) is 5.92 Å². The van der Waals surface area contributed by atoms with E-state index in [4.69, 9.17) is 9.47 Å². The van der Waals surface area contributed by atoms with Crippen LogP contribution in [0.5, 0.6) is 11.5 Å². The summed E-state index contributed by atoms with van der Waals surface area (Å²) in [5, 5.41) is 0. The predicted molar refractivity (Wildman–Crippen MR) is 103 cm³/mol. The molecule has 0 N–H and O–H groups in total. The molecular formula is C22H25NO4. The third kappa shape index (κ3) is 5.33. The van der Waals surface area contributed by atoms with Gasteiger partial charge in [0.05, 0.1) is 13.0 Å². The lowest BCUT2D eigenvalue weighted by atomic mass is 9.96. The number of nitrogens with zero attached hydrogens (tertiary/aromatic N) is 1. The van der Waals surface area contributed by atoms with Gasteiger partial charge in [0, 0.05) is 19.5 Å². The summed E-state index contributed by atoms with van der Waals surface area (Å²) in [5.74, 6) is 1.00. The quantitative estimate of drug-likeness (QED) is 0.579. The molecular weight excluding hydrogens is 342 g/mol. The van der Waals surface area contributed by atoms with Crippen molar-refractivity contribution in [2.75, 3.05) is 20.2 Å². The van der Waals surface area contributed by atoms with Gasteiger partial charge in [0.2, 0.25) is 5.91 Å². The van der Waals surface area contributed by atoms with Gasteiger partial charge in [-0.25, -0.2) is 0 Å². The zero-order valence-corrected chi connectivity index (χ0v) is 15.6. The van der Waals surface area contributed by atoms with Crippen molar-refractivity contribution in [3.8, 4) is 11.5 Å². The molecule has 3 rings (SSSR count). The van der Waals surface area contributed by atoms with Gasteiger partial charge in [-0.2, -0.15) is 0 Å². The highest BCUT2D eigenvalue weighted by Crippen LogP contribution is 2.23. The molecule has 1 saturated heterocycles. The van der Waals surface area contributed by atoms with Crippen LogP contribution in [-0.4, -0.2) is 37.0 Å². The summed E-state index contributed by atoms with van der Waals surface area (Å²) in [6.45, 7) is 1.21. The van der Waals surface area contributed by atoms with Gasteiger partial charge < -0.3 is 14.4 Å². The second-order valence-electron chi connectivity index (χ2n) is 6.74. The topological polar surface area (TPSA) is 55.8 Å². The lowest BCUT2D eigenvalue weighted by Gasteiger charge is -2.31. The van der Waals surface area contributed by atoms with Crippen molar-refractivity contribution in [3.05, 3.63) is 60.2 Å². The molecule has 5 nitrogen and oxygen atoms in total. The lowest BCUT2D eigenvalue weighted by Crippen LogP contribution is -2.41. The Morgan fingerprint density at radius 2 is 1.59 bits per heavy atom. The van der Waals surface area contributed by atoms with Crippen molar-refractivity contribution in [1.82, 2.24) is 4.90 Å². The molecule has 0 aliphatic carbocycles. The molecule has 1 aliphatic heterocycles. The molecule has 0 bridgehead atoms. The number of hydrogen-bond donors (Lipinski definition) is 0. The number of hydrogen-bond acceptors (Lipinski definition) is 4. The summed E-state index contributed by atoms with van der Waals surface area (Å²) in [5.41, 5.74) is 1.17. The minimum Gasteiger partial charge on any atom is -0.497 e. The molecule has 0 unspecified atom stereocenters. The maximum Gasteiger partial charge on any atom is 0.314 e. The van der Waals surface area contributed by atoms with Crippen LogP contribution >= 0.6 is 0 Å². The molecule has 2 aromatic carbocycles. The van der Waals surface area contributed by atoms with Gasteiger partial charge in [-0.3, -0.25) is 9.59 Å². The molecule has 2 aromatic rings. The molecule has 1 fully saturated rings. The van der Waals surface area contributed by atoms with E-state index >= 15 is 0 Å². The number of benzene rings is 2. The van der Waals surface area contributed by atoms with E-state index in [9.17, 15) is 9.59 Å². The number of amides is 1. The van der Waals surface area contributed by atoms with Crippen LogP contribution in [0.15, 0.2) is 54.6 Å². The number of piperidine rings is 1. The maximum absolute atomic E-state index is 12.4. The first kappa shape index (κ1) is 19.0. The van der Waals surface area contributed by atoms with E-state index < -0.39 is 0 Å². The smallest absolute Gasteiger partial charge is 0.314 e. The van der Waals surface area contributed by atoms with Crippen LogP contribution in [0.4, 0.5) is 0 Å². The maximum atomic E-state index is 12.4. The molecule has 1 aliphatic rings. The molecule has 27 heavy (non-hydrogen) atoms. The Bertz CT molecular complexity index is 750. The number of likely N-dealkylation sites (tertiary alicyclic amines) is 1. The average Bonchev–Trinajstić information content (AvgIpc) is 2.73. The van der Waals surface area contributed by atoms with Gasteiger partial charge in [0.15, 0.2) is 0 Å². The number of aryl methyl sites for hydroxylation is 1. The molecule has 1 amide bonds. The predicted octanol–water partition coefficient (Wildman–Crippen LogP) is 3.47. The van der Waals surface area contributed by atoms with Crippen LogP contribution in [-0.2, 0) is 16.0 Å². The van der Waals surface area contributed by atoms with Gasteiger partial charge in [-0.1, -0.05) is 30.3 Å². The summed E-state index contributed by atoms with van der Waals surface area (Å²) >= 11 is 0. The Morgan fingerprint density at radius 3 is 2.22 bits per heavy atom. The van der Waals surface area contributed by atoms with E-state index in [0.717, 1.165) is 12.2 Å². The normalized spacial score (nSPS) is 14.6. The second kappa shape index (κ2) is 9.21. The Morgan fingerprint density at radius 1 is 0.963 bits per heavy atom. The highest BCUT2D eigenvalue weighted by molar-refractivity contribution is 5.78. The third-order valence-electron chi connectivity index (χ3n) is 4.93. The largest absolute Gasteiger partial charge is 0.497 e. The van der Waals surface area contributed by atoms with Crippen LogP contribution in [0.2, 0.25) is 0 Å². The van der Waals surface area contributed by atoms with Crippen molar-refractivity contribution in [2.45, 2.75) is 25.7 Å². The first-order valence-corrected chi connectivity index (χ1v) is 9.33. The van der Waals surface area contributed by atoms with E-state index in [1.54, 1.807) is 31.4 Å². The SMILES string of the molecule is COc1ccc(OC(=O)C2CCN(C(=O)CCc3ccccc3)CC2)cc1. The van der Waals surface area contributed by atoms with Gasteiger partial charge in [0.1, 0.15) is 11.5 Å². The Kier molecular flexibility index (Phi) is 6.47. The summed E-state index contributed by atoms with van der Waals surface area (Å²) in [4.78, 5) is 26.6. The van der Waals surface area contributed by atoms with Crippen LogP contribution in [0.3, 0.4) is 0 Å². The van der Waals surface area contributed by atoms with Crippen molar-refractivity contribution in [3.63, 3.8) is 0 Å². The summed E-state index contributed by atoms with van der Waals surface area (Å²) in [6, 6.07) is 17.0. The Labute approximate surface area is 159 Å². The fourth-order valence-electron chi connectivity index (χ4n) is 3.26. The van der Waals surface area contributed by atoms with Gasteiger partial charge in [-0.05, 0) is 49.1 Å². The summed E-state index contributed by atoms with van der Waals surface area (Å²) < 4.78 is 10.6. The van der Waals surface area contributed by atoms with E-state index in [1.807, 2.05) is 35.2 Å². The highest BCUT2D eigenvalue weighted by Gasteiger charge is 2.28. The Balaban J connectivity index is 1.43. The molecule has 1 heterocycles. The third-order valence-corrected chi connectivity index (χ3v) is 4.93. The molecule has 0 saturated carbocycles. The van der Waals surface area contributed by atoms with Crippen LogP contribution < -0.4 is 9.47 Å². The fraction of sp³-hybridized carbons (Fsp3) is 0.364. The molecule has 0 radical (unpaired) electrons.